The minimum absolute atomic E-state index is 0.364. The molecule has 2 heterocycles. The van der Waals surface area contributed by atoms with Gasteiger partial charge in [-0.2, -0.15) is 0 Å². The molecule has 0 aromatic carbocycles. The standard InChI is InChI=1S/C15H26N2O2/c1-11-8-14(10-17(11)13-2-3-13)16-6-4-12(5-7-16)9-15(18)19/h11-14H,2-10H2,1H3,(H,18,19). The molecule has 3 rings (SSSR count). The lowest BCUT2D eigenvalue weighted by Crippen LogP contribution is -2.43. The van der Waals surface area contributed by atoms with Crippen LogP contribution in [-0.2, 0) is 4.79 Å². The van der Waals surface area contributed by atoms with Crippen LogP contribution in [0.4, 0.5) is 0 Å². The number of carbonyl (C=O) groups is 1. The molecule has 2 saturated heterocycles. The zero-order valence-electron chi connectivity index (χ0n) is 11.9. The van der Waals surface area contributed by atoms with E-state index >= 15 is 0 Å². The van der Waals surface area contributed by atoms with Crippen molar-refractivity contribution in [3.8, 4) is 0 Å². The second-order valence-electron chi connectivity index (χ2n) is 6.74. The Morgan fingerprint density at radius 3 is 2.42 bits per heavy atom. The van der Waals surface area contributed by atoms with E-state index in [2.05, 4.69) is 16.7 Å². The number of rotatable bonds is 4. The van der Waals surface area contributed by atoms with Crippen molar-refractivity contribution < 1.29 is 9.90 Å². The molecule has 2 aliphatic heterocycles. The molecular formula is C15H26N2O2. The molecule has 0 aromatic rings. The Kier molecular flexibility index (Phi) is 3.81. The number of likely N-dealkylation sites (tertiary alicyclic amines) is 2. The molecule has 0 bridgehead atoms. The van der Waals surface area contributed by atoms with Crippen LogP contribution in [0.2, 0.25) is 0 Å². The Bertz CT molecular complexity index is 335. The number of carboxylic acid groups (broad SMARTS) is 1. The number of nitrogens with zero attached hydrogens (tertiary/aromatic N) is 2. The molecule has 4 nitrogen and oxygen atoms in total. The quantitative estimate of drug-likeness (QED) is 0.842. The molecule has 0 aromatic heterocycles. The van der Waals surface area contributed by atoms with E-state index in [1.54, 1.807) is 0 Å². The van der Waals surface area contributed by atoms with Gasteiger partial charge in [0.1, 0.15) is 0 Å². The van der Waals surface area contributed by atoms with Crippen molar-refractivity contribution >= 4 is 5.97 Å². The fraction of sp³-hybridized carbons (Fsp3) is 0.933. The van der Waals surface area contributed by atoms with Crippen LogP contribution >= 0.6 is 0 Å². The summed E-state index contributed by atoms with van der Waals surface area (Å²) >= 11 is 0. The van der Waals surface area contributed by atoms with E-state index in [4.69, 9.17) is 5.11 Å². The topological polar surface area (TPSA) is 43.8 Å². The van der Waals surface area contributed by atoms with Crippen LogP contribution in [0.5, 0.6) is 0 Å². The second-order valence-corrected chi connectivity index (χ2v) is 6.74. The maximum Gasteiger partial charge on any atom is 0.303 e. The lowest BCUT2D eigenvalue weighted by molar-refractivity contribution is -0.138. The third-order valence-corrected chi connectivity index (χ3v) is 5.25. The average Bonchev–Trinajstić information content (AvgIpc) is 3.13. The normalized spacial score (nSPS) is 34.8. The molecule has 2 atom stereocenters. The molecule has 1 saturated carbocycles. The molecule has 0 amide bonds. The van der Waals surface area contributed by atoms with E-state index < -0.39 is 5.97 Å². The fourth-order valence-electron chi connectivity index (χ4n) is 3.98. The predicted octanol–water partition coefficient (Wildman–Crippen LogP) is 1.80. The van der Waals surface area contributed by atoms with Crippen LogP contribution in [0, 0.1) is 5.92 Å². The van der Waals surface area contributed by atoms with E-state index in [1.807, 2.05) is 0 Å². The molecule has 1 aliphatic carbocycles. The summed E-state index contributed by atoms with van der Waals surface area (Å²) in [4.78, 5) is 16.1. The van der Waals surface area contributed by atoms with Gasteiger partial charge in [-0.15, -0.1) is 0 Å². The van der Waals surface area contributed by atoms with E-state index in [0.29, 0.717) is 12.3 Å². The van der Waals surface area contributed by atoms with Gasteiger partial charge in [0.25, 0.3) is 0 Å². The summed E-state index contributed by atoms with van der Waals surface area (Å²) in [5.41, 5.74) is 0. The SMILES string of the molecule is CC1CC(N2CCC(CC(=O)O)CC2)CN1C1CC1. The van der Waals surface area contributed by atoms with Crippen molar-refractivity contribution in [3.05, 3.63) is 0 Å². The number of aliphatic carboxylic acids is 1. The summed E-state index contributed by atoms with van der Waals surface area (Å²) in [6.07, 6.45) is 6.61. The summed E-state index contributed by atoms with van der Waals surface area (Å²) in [5, 5.41) is 8.86. The lowest BCUT2D eigenvalue weighted by Gasteiger charge is -2.35. The summed E-state index contributed by atoms with van der Waals surface area (Å²) in [6, 6.07) is 2.35. The Morgan fingerprint density at radius 1 is 1.16 bits per heavy atom. The first-order valence-electron chi connectivity index (χ1n) is 7.85. The van der Waals surface area contributed by atoms with Gasteiger partial charge in [0.2, 0.25) is 0 Å². The van der Waals surface area contributed by atoms with Gasteiger partial charge in [-0.05, 0) is 58.0 Å². The zero-order valence-corrected chi connectivity index (χ0v) is 11.9. The first-order chi connectivity index (χ1) is 9.13. The van der Waals surface area contributed by atoms with Gasteiger partial charge in [-0.1, -0.05) is 0 Å². The predicted molar refractivity (Wildman–Crippen MR) is 74.1 cm³/mol. The molecule has 4 heteroatoms. The fourth-order valence-corrected chi connectivity index (χ4v) is 3.98. The summed E-state index contributed by atoms with van der Waals surface area (Å²) < 4.78 is 0. The Hall–Kier alpha value is -0.610. The van der Waals surface area contributed by atoms with Gasteiger partial charge in [-0.3, -0.25) is 14.6 Å². The van der Waals surface area contributed by atoms with Crippen LogP contribution in [-0.4, -0.2) is 58.6 Å². The van der Waals surface area contributed by atoms with Gasteiger partial charge in [0.15, 0.2) is 0 Å². The van der Waals surface area contributed by atoms with Gasteiger partial charge >= 0.3 is 5.97 Å². The van der Waals surface area contributed by atoms with E-state index in [9.17, 15) is 4.79 Å². The number of hydrogen-bond donors (Lipinski definition) is 1. The van der Waals surface area contributed by atoms with Crippen molar-refractivity contribution in [3.63, 3.8) is 0 Å². The monoisotopic (exact) mass is 266 g/mol. The molecule has 1 N–H and O–H groups in total. The largest absolute Gasteiger partial charge is 0.481 e. The lowest BCUT2D eigenvalue weighted by atomic mass is 9.92. The smallest absolute Gasteiger partial charge is 0.303 e. The molecule has 108 valence electrons. The molecule has 3 aliphatic rings. The van der Waals surface area contributed by atoms with Crippen molar-refractivity contribution in [2.75, 3.05) is 19.6 Å². The van der Waals surface area contributed by atoms with Gasteiger partial charge < -0.3 is 5.11 Å². The average molecular weight is 266 g/mol. The molecule has 19 heavy (non-hydrogen) atoms. The highest BCUT2D eigenvalue weighted by molar-refractivity contribution is 5.67. The highest BCUT2D eigenvalue weighted by Crippen LogP contribution is 2.35. The minimum Gasteiger partial charge on any atom is -0.481 e. The van der Waals surface area contributed by atoms with E-state index in [0.717, 1.165) is 44.1 Å². The van der Waals surface area contributed by atoms with Crippen LogP contribution in [0.15, 0.2) is 0 Å². The first kappa shape index (κ1) is 13.4. The Balaban J connectivity index is 1.48. The molecule has 2 unspecified atom stereocenters. The summed E-state index contributed by atoms with van der Waals surface area (Å²) in [6.45, 7) is 5.83. The zero-order chi connectivity index (χ0) is 13.4. The highest BCUT2D eigenvalue weighted by atomic mass is 16.4. The second kappa shape index (κ2) is 5.41. The van der Waals surface area contributed by atoms with E-state index in [-0.39, 0.29) is 0 Å². The maximum atomic E-state index is 10.8. The molecule has 0 radical (unpaired) electrons. The van der Waals surface area contributed by atoms with Crippen molar-refractivity contribution in [2.45, 2.75) is 63.6 Å². The summed E-state index contributed by atoms with van der Waals surface area (Å²) in [7, 11) is 0. The number of piperidine rings is 1. The van der Waals surface area contributed by atoms with Gasteiger partial charge in [-0.25, -0.2) is 0 Å². The van der Waals surface area contributed by atoms with Crippen LogP contribution < -0.4 is 0 Å². The molecular weight excluding hydrogens is 240 g/mol. The molecule has 0 spiro atoms. The van der Waals surface area contributed by atoms with Crippen molar-refractivity contribution in [1.29, 1.82) is 0 Å². The number of hydrogen-bond acceptors (Lipinski definition) is 3. The Morgan fingerprint density at radius 2 is 1.84 bits per heavy atom. The van der Waals surface area contributed by atoms with Crippen molar-refractivity contribution in [1.82, 2.24) is 9.80 Å². The third-order valence-electron chi connectivity index (χ3n) is 5.25. The minimum atomic E-state index is -0.632. The van der Waals surface area contributed by atoms with Crippen LogP contribution in [0.1, 0.15) is 45.4 Å². The summed E-state index contributed by atoms with van der Waals surface area (Å²) in [5.74, 6) is -0.222. The maximum absolute atomic E-state index is 10.8. The first-order valence-corrected chi connectivity index (χ1v) is 7.85. The third kappa shape index (κ3) is 3.11. The van der Waals surface area contributed by atoms with E-state index in [1.165, 1.54) is 25.8 Å². The highest BCUT2D eigenvalue weighted by Gasteiger charge is 2.41. The molecule has 3 fully saturated rings. The van der Waals surface area contributed by atoms with Gasteiger partial charge in [0.05, 0.1) is 0 Å². The van der Waals surface area contributed by atoms with Gasteiger partial charge in [0, 0.05) is 31.1 Å². The van der Waals surface area contributed by atoms with Crippen LogP contribution in [0.25, 0.3) is 0 Å². The number of carboxylic acids is 1. The van der Waals surface area contributed by atoms with Crippen LogP contribution in [0.3, 0.4) is 0 Å². The van der Waals surface area contributed by atoms with Crippen molar-refractivity contribution in [2.24, 2.45) is 5.92 Å². The Labute approximate surface area is 115 Å².